The smallest absolute Gasteiger partial charge is 0.307 e. The van der Waals surface area contributed by atoms with Crippen molar-refractivity contribution in [1.82, 2.24) is 0 Å². The second-order valence-electron chi connectivity index (χ2n) is 5.64. The maximum absolute atomic E-state index is 11.7. The quantitative estimate of drug-likeness (QED) is 0.642. The number of hydrogen-bond acceptors (Lipinski definition) is 3. The van der Waals surface area contributed by atoms with Crippen molar-refractivity contribution in [3.05, 3.63) is 29.8 Å². The number of ether oxygens (including phenoxy) is 1. The Morgan fingerprint density at radius 2 is 1.95 bits per heavy atom. The number of carbonyl (C=O) groups is 1. The van der Waals surface area contributed by atoms with Gasteiger partial charge in [0.15, 0.2) is 0 Å². The molecule has 0 bridgehead atoms. The Kier molecular flexibility index (Phi) is 8.56. The van der Waals surface area contributed by atoms with E-state index in [9.17, 15) is 4.79 Å². The van der Waals surface area contributed by atoms with Gasteiger partial charge in [-0.25, -0.2) is 0 Å². The minimum atomic E-state index is -0.107. The molecule has 0 radical (unpaired) electrons. The van der Waals surface area contributed by atoms with Crippen LogP contribution in [0, 0.1) is 12.8 Å². The maximum atomic E-state index is 11.7. The summed E-state index contributed by atoms with van der Waals surface area (Å²) in [4.78, 5) is 11.7. The lowest BCUT2D eigenvalue weighted by Gasteiger charge is -2.14. The maximum Gasteiger partial charge on any atom is 0.307 e. The van der Waals surface area contributed by atoms with Gasteiger partial charge in [-0.05, 0) is 31.4 Å². The molecule has 118 valence electrons. The highest BCUT2D eigenvalue weighted by molar-refractivity contribution is 5.70. The molecule has 0 aliphatic rings. The molecule has 0 amide bonds. The second kappa shape index (κ2) is 10.3. The van der Waals surface area contributed by atoms with E-state index in [0.29, 0.717) is 25.5 Å². The van der Waals surface area contributed by atoms with E-state index in [1.807, 2.05) is 12.1 Å². The number of carbonyl (C=O) groups excluding carboxylic acids is 1. The number of rotatable bonds is 10. The number of unbranched alkanes of at least 4 members (excludes halogenated alkanes) is 1. The van der Waals surface area contributed by atoms with Gasteiger partial charge in [-0.15, -0.1) is 0 Å². The fraction of sp³-hybridized carbons (Fsp3) is 0.611. The third-order valence-corrected chi connectivity index (χ3v) is 3.73. The van der Waals surface area contributed by atoms with Crippen LogP contribution in [0.4, 0.5) is 5.69 Å². The lowest BCUT2D eigenvalue weighted by Crippen LogP contribution is -2.16. The van der Waals surface area contributed by atoms with Crippen molar-refractivity contribution in [2.45, 2.75) is 52.9 Å². The first-order chi connectivity index (χ1) is 10.2. The molecule has 0 aliphatic carbocycles. The summed E-state index contributed by atoms with van der Waals surface area (Å²) in [5.74, 6) is 0.406. The molecule has 0 heterocycles. The van der Waals surface area contributed by atoms with Gasteiger partial charge in [0.2, 0.25) is 0 Å². The highest BCUT2D eigenvalue weighted by Crippen LogP contribution is 2.13. The Morgan fingerprint density at radius 3 is 2.57 bits per heavy atom. The predicted octanol–water partition coefficient (Wildman–Crippen LogP) is 4.56. The van der Waals surface area contributed by atoms with Crippen molar-refractivity contribution in [3.8, 4) is 0 Å². The molecule has 1 N–H and O–H groups in total. The van der Waals surface area contributed by atoms with E-state index in [1.54, 1.807) is 0 Å². The van der Waals surface area contributed by atoms with Crippen LogP contribution < -0.4 is 5.32 Å². The summed E-state index contributed by atoms with van der Waals surface area (Å²) in [5, 5.41) is 3.24. The number of benzene rings is 1. The number of anilines is 1. The van der Waals surface area contributed by atoms with Crippen LogP contribution in [0.2, 0.25) is 0 Å². The van der Waals surface area contributed by atoms with Crippen LogP contribution in [0.5, 0.6) is 0 Å². The van der Waals surface area contributed by atoms with Crippen molar-refractivity contribution in [2.75, 3.05) is 18.5 Å². The SMILES string of the molecule is CCCCC(CC)COC(=O)CCNc1ccc(C)cc1. The van der Waals surface area contributed by atoms with E-state index < -0.39 is 0 Å². The van der Waals surface area contributed by atoms with E-state index >= 15 is 0 Å². The van der Waals surface area contributed by atoms with E-state index in [1.165, 1.54) is 18.4 Å². The van der Waals surface area contributed by atoms with Gasteiger partial charge in [0.1, 0.15) is 0 Å². The van der Waals surface area contributed by atoms with Crippen LogP contribution >= 0.6 is 0 Å². The van der Waals surface area contributed by atoms with Crippen LogP contribution in [0.1, 0.15) is 51.5 Å². The molecule has 1 aromatic rings. The molecule has 0 saturated heterocycles. The van der Waals surface area contributed by atoms with Crippen molar-refractivity contribution >= 4 is 11.7 Å². The van der Waals surface area contributed by atoms with Gasteiger partial charge in [0.25, 0.3) is 0 Å². The first-order valence-corrected chi connectivity index (χ1v) is 8.11. The van der Waals surface area contributed by atoms with Crippen molar-refractivity contribution in [3.63, 3.8) is 0 Å². The van der Waals surface area contributed by atoms with Gasteiger partial charge in [-0.2, -0.15) is 0 Å². The topological polar surface area (TPSA) is 38.3 Å². The summed E-state index contributed by atoms with van der Waals surface area (Å²) in [6, 6.07) is 8.16. The largest absolute Gasteiger partial charge is 0.465 e. The van der Waals surface area contributed by atoms with Gasteiger partial charge in [0, 0.05) is 12.2 Å². The summed E-state index contributed by atoms with van der Waals surface area (Å²) >= 11 is 0. The van der Waals surface area contributed by atoms with E-state index in [2.05, 4.69) is 38.2 Å². The molecular formula is C18H29NO2. The average molecular weight is 291 g/mol. The van der Waals surface area contributed by atoms with E-state index in [4.69, 9.17) is 4.74 Å². The zero-order valence-corrected chi connectivity index (χ0v) is 13.7. The third-order valence-electron chi connectivity index (χ3n) is 3.73. The molecule has 1 unspecified atom stereocenters. The lowest BCUT2D eigenvalue weighted by molar-refractivity contribution is -0.144. The minimum absolute atomic E-state index is 0.107. The van der Waals surface area contributed by atoms with E-state index in [-0.39, 0.29) is 5.97 Å². The molecule has 0 fully saturated rings. The third kappa shape index (κ3) is 7.74. The molecule has 1 atom stereocenters. The standard InChI is InChI=1S/C18H29NO2/c1-4-6-7-16(5-2)14-21-18(20)12-13-19-17-10-8-15(3)9-11-17/h8-11,16,19H,4-7,12-14H2,1-3H3. The Labute approximate surface area is 129 Å². The second-order valence-corrected chi connectivity index (χ2v) is 5.64. The molecule has 21 heavy (non-hydrogen) atoms. The Bertz CT molecular complexity index is 400. The molecule has 0 saturated carbocycles. The summed E-state index contributed by atoms with van der Waals surface area (Å²) in [5.41, 5.74) is 2.28. The fourth-order valence-corrected chi connectivity index (χ4v) is 2.16. The van der Waals surface area contributed by atoms with Crippen LogP contribution in [0.25, 0.3) is 0 Å². The summed E-state index contributed by atoms with van der Waals surface area (Å²) in [6.07, 6.45) is 5.06. The average Bonchev–Trinajstić information content (AvgIpc) is 2.49. The summed E-state index contributed by atoms with van der Waals surface area (Å²) in [6.45, 7) is 7.60. The first-order valence-electron chi connectivity index (χ1n) is 8.11. The zero-order valence-electron chi connectivity index (χ0n) is 13.7. The molecule has 1 aromatic carbocycles. The fourth-order valence-electron chi connectivity index (χ4n) is 2.16. The minimum Gasteiger partial charge on any atom is -0.465 e. The molecule has 3 nitrogen and oxygen atoms in total. The van der Waals surface area contributed by atoms with Gasteiger partial charge in [-0.1, -0.05) is 50.8 Å². The molecular weight excluding hydrogens is 262 g/mol. The Morgan fingerprint density at radius 1 is 1.24 bits per heavy atom. The Balaban J connectivity index is 2.17. The number of hydrogen-bond donors (Lipinski definition) is 1. The molecule has 0 aromatic heterocycles. The van der Waals surface area contributed by atoms with Gasteiger partial charge >= 0.3 is 5.97 Å². The Hall–Kier alpha value is -1.51. The van der Waals surface area contributed by atoms with Crippen molar-refractivity contribution in [2.24, 2.45) is 5.92 Å². The lowest BCUT2D eigenvalue weighted by atomic mass is 10.0. The van der Waals surface area contributed by atoms with Crippen LogP contribution in [-0.2, 0) is 9.53 Å². The van der Waals surface area contributed by atoms with Crippen molar-refractivity contribution < 1.29 is 9.53 Å². The van der Waals surface area contributed by atoms with Crippen molar-refractivity contribution in [1.29, 1.82) is 0 Å². The van der Waals surface area contributed by atoms with Gasteiger partial charge < -0.3 is 10.1 Å². The molecule has 0 aliphatic heterocycles. The van der Waals surface area contributed by atoms with Crippen LogP contribution in [-0.4, -0.2) is 19.1 Å². The molecule has 0 spiro atoms. The molecule has 1 rings (SSSR count). The number of esters is 1. The highest BCUT2D eigenvalue weighted by atomic mass is 16.5. The molecule has 3 heteroatoms. The normalized spacial score (nSPS) is 12.0. The van der Waals surface area contributed by atoms with Gasteiger partial charge in [-0.3, -0.25) is 4.79 Å². The summed E-state index contributed by atoms with van der Waals surface area (Å²) in [7, 11) is 0. The van der Waals surface area contributed by atoms with Crippen LogP contribution in [0.15, 0.2) is 24.3 Å². The number of nitrogens with one attached hydrogen (secondary N) is 1. The highest BCUT2D eigenvalue weighted by Gasteiger charge is 2.09. The number of aryl methyl sites for hydroxylation is 1. The zero-order chi connectivity index (χ0) is 15.5. The monoisotopic (exact) mass is 291 g/mol. The predicted molar refractivity (Wildman–Crippen MR) is 88.6 cm³/mol. The van der Waals surface area contributed by atoms with E-state index in [0.717, 1.165) is 18.5 Å². The van der Waals surface area contributed by atoms with Crippen LogP contribution in [0.3, 0.4) is 0 Å². The summed E-state index contributed by atoms with van der Waals surface area (Å²) < 4.78 is 5.37. The first kappa shape index (κ1) is 17.5. The van der Waals surface area contributed by atoms with Gasteiger partial charge in [0.05, 0.1) is 13.0 Å².